The number of hydrogen-bond donors (Lipinski definition) is 1. The molecule has 0 radical (unpaired) electrons. The molecule has 0 aliphatic carbocycles. The lowest BCUT2D eigenvalue weighted by molar-refractivity contribution is -0.114. The topological polar surface area (TPSA) is 113 Å². The van der Waals surface area contributed by atoms with E-state index in [1.165, 1.54) is 41.7 Å². The highest BCUT2D eigenvalue weighted by atomic mass is 32.2. The number of amides is 1. The zero-order chi connectivity index (χ0) is 27.3. The fourth-order valence-corrected chi connectivity index (χ4v) is 7.40. The Kier molecular flexibility index (Phi) is 8.39. The van der Waals surface area contributed by atoms with Crippen LogP contribution in [0.25, 0.3) is 0 Å². The summed E-state index contributed by atoms with van der Waals surface area (Å²) in [5.41, 5.74) is 1.45. The Morgan fingerprint density at radius 1 is 0.921 bits per heavy atom. The number of rotatable bonds is 9. The average molecular weight is 558 g/mol. The lowest BCUT2D eigenvalue weighted by Gasteiger charge is -2.27. The summed E-state index contributed by atoms with van der Waals surface area (Å²) in [6, 6.07) is 19.1. The molecule has 4 rings (SSSR count). The number of nitrogens with one attached hydrogen (secondary N) is 1. The number of aryl methyl sites for hydroxylation is 1. The summed E-state index contributed by atoms with van der Waals surface area (Å²) in [5.74, 6) is -0.461. The zero-order valence-corrected chi connectivity index (χ0v) is 23.0. The van der Waals surface area contributed by atoms with Gasteiger partial charge < -0.3 is 10.1 Å². The largest absolute Gasteiger partial charge is 0.495 e. The van der Waals surface area contributed by atoms with Crippen LogP contribution in [0.1, 0.15) is 24.8 Å². The third-order valence-corrected chi connectivity index (χ3v) is 10.0. The first-order chi connectivity index (χ1) is 18.1. The van der Waals surface area contributed by atoms with E-state index < -0.39 is 32.5 Å². The van der Waals surface area contributed by atoms with Crippen LogP contribution in [0.15, 0.2) is 82.6 Å². The maximum absolute atomic E-state index is 13.5. The number of carbonyl (C=O) groups excluding carboxylic acids is 1. The van der Waals surface area contributed by atoms with Crippen LogP contribution >= 0.6 is 0 Å². The molecule has 1 amide bonds. The standard InChI is InChI=1S/C27H31N3O6S2/c1-21-11-14-24(15-12-21)37(32,33)30(23-9-5-3-6-10-23)20-27(31)28-22-13-16-25(36-2)26(19-22)38(34,35)29-17-7-4-8-18-29/h3,5-6,9-16,19H,4,7-8,17-18,20H2,1-2H3,(H,28,31). The number of anilines is 2. The highest BCUT2D eigenvalue weighted by Crippen LogP contribution is 2.31. The number of piperidine rings is 1. The fourth-order valence-electron chi connectivity index (χ4n) is 4.28. The summed E-state index contributed by atoms with van der Waals surface area (Å²) >= 11 is 0. The molecule has 3 aromatic carbocycles. The van der Waals surface area contributed by atoms with Crippen molar-refractivity contribution >= 4 is 37.3 Å². The van der Waals surface area contributed by atoms with Gasteiger partial charge >= 0.3 is 0 Å². The van der Waals surface area contributed by atoms with E-state index in [1.807, 2.05) is 6.92 Å². The first-order valence-corrected chi connectivity index (χ1v) is 15.1. The summed E-state index contributed by atoms with van der Waals surface area (Å²) in [6.07, 6.45) is 2.54. The van der Waals surface area contributed by atoms with Gasteiger partial charge in [0.2, 0.25) is 15.9 Å². The molecule has 1 aliphatic heterocycles. The van der Waals surface area contributed by atoms with Crippen LogP contribution in [-0.4, -0.2) is 53.8 Å². The number of nitrogens with zero attached hydrogens (tertiary/aromatic N) is 2. The molecule has 38 heavy (non-hydrogen) atoms. The molecule has 9 nitrogen and oxygen atoms in total. The Balaban J connectivity index is 1.62. The molecular formula is C27H31N3O6S2. The summed E-state index contributed by atoms with van der Waals surface area (Å²) in [6.45, 7) is 2.18. The Morgan fingerprint density at radius 2 is 1.58 bits per heavy atom. The van der Waals surface area contributed by atoms with E-state index in [1.54, 1.807) is 42.5 Å². The van der Waals surface area contributed by atoms with E-state index in [9.17, 15) is 21.6 Å². The van der Waals surface area contributed by atoms with Crippen LogP contribution in [0.2, 0.25) is 0 Å². The van der Waals surface area contributed by atoms with Gasteiger partial charge in [-0.15, -0.1) is 0 Å². The minimum atomic E-state index is -4.06. The number of methoxy groups -OCH3 is 1. The van der Waals surface area contributed by atoms with Crippen molar-refractivity contribution in [3.63, 3.8) is 0 Å². The first-order valence-electron chi connectivity index (χ1n) is 12.3. The molecule has 3 aromatic rings. The third kappa shape index (κ3) is 6.01. The number of sulfonamides is 2. The summed E-state index contributed by atoms with van der Waals surface area (Å²) in [5, 5.41) is 2.66. The van der Waals surface area contributed by atoms with Crippen LogP contribution in [0.5, 0.6) is 5.75 Å². The fraction of sp³-hybridized carbons (Fsp3) is 0.296. The van der Waals surface area contributed by atoms with Gasteiger partial charge in [0.05, 0.1) is 17.7 Å². The average Bonchev–Trinajstić information content (AvgIpc) is 2.93. The highest BCUT2D eigenvalue weighted by molar-refractivity contribution is 7.92. The van der Waals surface area contributed by atoms with E-state index in [0.717, 1.165) is 29.1 Å². The molecule has 0 unspecified atom stereocenters. The molecule has 1 heterocycles. The second-order valence-electron chi connectivity index (χ2n) is 9.04. The molecule has 0 saturated carbocycles. The smallest absolute Gasteiger partial charge is 0.264 e. The second kappa shape index (κ2) is 11.5. The van der Waals surface area contributed by atoms with E-state index in [0.29, 0.717) is 18.8 Å². The van der Waals surface area contributed by atoms with Crippen LogP contribution in [-0.2, 0) is 24.8 Å². The Bertz CT molecular complexity index is 1490. The number of para-hydroxylation sites is 1. The highest BCUT2D eigenvalue weighted by Gasteiger charge is 2.30. The van der Waals surface area contributed by atoms with Gasteiger partial charge in [-0.05, 0) is 62.2 Å². The van der Waals surface area contributed by atoms with Crippen molar-refractivity contribution in [2.45, 2.75) is 36.0 Å². The molecule has 11 heteroatoms. The second-order valence-corrected chi connectivity index (χ2v) is 12.8. The van der Waals surface area contributed by atoms with Gasteiger partial charge in [0.1, 0.15) is 17.2 Å². The summed E-state index contributed by atoms with van der Waals surface area (Å²) < 4.78 is 61.4. The van der Waals surface area contributed by atoms with Gasteiger partial charge in [-0.25, -0.2) is 16.8 Å². The van der Waals surface area contributed by atoms with Crippen molar-refractivity contribution in [1.82, 2.24) is 4.31 Å². The molecule has 1 saturated heterocycles. The summed E-state index contributed by atoms with van der Waals surface area (Å²) in [7, 11) is -6.52. The van der Waals surface area contributed by atoms with E-state index >= 15 is 0 Å². The molecule has 0 spiro atoms. The Morgan fingerprint density at radius 3 is 2.21 bits per heavy atom. The van der Waals surface area contributed by atoms with Gasteiger partial charge in [0.15, 0.2) is 0 Å². The van der Waals surface area contributed by atoms with Gasteiger partial charge in [-0.3, -0.25) is 9.10 Å². The Hall–Kier alpha value is -3.41. The minimum absolute atomic E-state index is 0.0492. The quantitative estimate of drug-likeness (QED) is 0.425. The first kappa shape index (κ1) is 27.6. The van der Waals surface area contributed by atoms with Gasteiger partial charge in [-0.1, -0.05) is 42.3 Å². The van der Waals surface area contributed by atoms with Crippen molar-refractivity contribution < 1.29 is 26.4 Å². The lowest BCUT2D eigenvalue weighted by atomic mass is 10.2. The maximum Gasteiger partial charge on any atom is 0.264 e. The van der Waals surface area contributed by atoms with E-state index in [4.69, 9.17) is 4.74 Å². The van der Waals surface area contributed by atoms with Gasteiger partial charge in [0.25, 0.3) is 10.0 Å². The van der Waals surface area contributed by atoms with Crippen molar-refractivity contribution in [3.05, 3.63) is 78.4 Å². The molecule has 0 atom stereocenters. The van der Waals surface area contributed by atoms with Crippen LogP contribution < -0.4 is 14.4 Å². The van der Waals surface area contributed by atoms with E-state index in [-0.39, 0.29) is 21.2 Å². The monoisotopic (exact) mass is 557 g/mol. The maximum atomic E-state index is 13.5. The third-order valence-electron chi connectivity index (χ3n) is 6.32. The van der Waals surface area contributed by atoms with Crippen molar-refractivity contribution in [3.8, 4) is 5.75 Å². The molecule has 1 fully saturated rings. The van der Waals surface area contributed by atoms with Gasteiger partial charge in [0, 0.05) is 18.8 Å². The molecular weight excluding hydrogens is 526 g/mol. The molecule has 202 valence electrons. The van der Waals surface area contributed by atoms with Crippen LogP contribution in [0.4, 0.5) is 11.4 Å². The lowest BCUT2D eigenvalue weighted by Crippen LogP contribution is -2.38. The molecule has 1 N–H and O–H groups in total. The van der Waals surface area contributed by atoms with Crippen molar-refractivity contribution in [2.24, 2.45) is 0 Å². The van der Waals surface area contributed by atoms with Crippen molar-refractivity contribution in [1.29, 1.82) is 0 Å². The minimum Gasteiger partial charge on any atom is -0.495 e. The SMILES string of the molecule is COc1ccc(NC(=O)CN(c2ccccc2)S(=O)(=O)c2ccc(C)cc2)cc1S(=O)(=O)N1CCCCC1. The van der Waals surface area contributed by atoms with Crippen LogP contribution in [0, 0.1) is 6.92 Å². The van der Waals surface area contributed by atoms with Gasteiger partial charge in [-0.2, -0.15) is 4.31 Å². The van der Waals surface area contributed by atoms with Crippen molar-refractivity contribution in [2.75, 3.05) is 36.4 Å². The molecule has 0 bridgehead atoms. The number of carbonyl (C=O) groups is 1. The van der Waals surface area contributed by atoms with E-state index in [2.05, 4.69) is 5.32 Å². The molecule has 1 aliphatic rings. The summed E-state index contributed by atoms with van der Waals surface area (Å²) in [4.78, 5) is 13.1. The number of ether oxygens (including phenoxy) is 1. The number of benzene rings is 3. The number of hydrogen-bond acceptors (Lipinski definition) is 6. The zero-order valence-electron chi connectivity index (χ0n) is 21.3. The predicted molar refractivity (Wildman–Crippen MR) is 146 cm³/mol. The normalized spacial score (nSPS) is 14.6. The van der Waals surface area contributed by atoms with Crippen LogP contribution in [0.3, 0.4) is 0 Å². The predicted octanol–water partition coefficient (Wildman–Crippen LogP) is 4.01. The molecule has 0 aromatic heterocycles. The Labute approximate surface area is 224 Å².